The number of H-pyrrole nitrogens is 1. The summed E-state index contributed by atoms with van der Waals surface area (Å²) in [6.07, 6.45) is 0. The average Bonchev–Trinajstić information content (AvgIpc) is 2.47. The first kappa shape index (κ1) is 8.74. The number of nitrogens with one attached hydrogen (secondary N) is 1. The molecule has 0 unspecified atom stereocenters. The molecule has 4 heteroatoms. The zero-order valence-corrected chi connectivity index (χ0v) is 7.47. The Morgan fingerprint density at radius 1 is 1.43 bits per heavy atom. The normalized spacial score (nSPS) is 10.7. The van der Waals surface area contributed by atoms with E-state index in [2.05, 4.69) is 4.98 Å². The highest BCUT2D eigenvalue weighted by Crippen LogP contribution is 2.20. The van der Waals surface area contributed by atoms with E-state index < -0.39 is 11.8 Å². The van der Waals surface area contributed by atoms with Gasteiger partial charge >= 0.3 is 5.97 Å². The molecule has 0 fully saturated rings. The smallest absolute Gasteiger partial charge is 0.352 e. The molecule has 0 saturated carbocycles. The van der Waals surface area contributed by atoms with E-state index in [4.69, 9.17) is 5.11 Å². The second-order valence-electron chi connectivity index (χ2n) is 3.20. The second-order valence-corrected chi connectivity index (χ2v) is 3.20. The van der Waals surface area contributed by atoms with Gasteiger partial charge in [-0.2, -0.15) is 0 Å². The molecule has 0 aliphatic rings. The van der Waals surface area contributed by atoms with Gasteiger partial charge in [0.25, 0.3) is 0 Å². The second kappa shape index (κ2) is 2.83. The number of aromatic amines is 1. The standard InChI is InChI=1S/C10H8FNO2/c1-5-2-6-4-8(10(13)14)12-9(6)7(11)3-5/h2-4,12H,1H3,(H,13,14). The number of carboxylic acids is 1. The van der Waals surface area contributed by atoms with Crippen molar-refractivity contribution in [3.05, 3.63) is 35.3 Å². The van der Waals surface area contributed by atoms with Crippen molar-refractivity contribution >= 4 is 16.9 Å². The van der Waals surface area contributed by atoms with Crippen molar-refractivity contribution in [2.45, 2.75) is 6.92 Å². The van der Waals surface area contributed by atoms with Crippen LogP contribution in [0.4, 0.5) is 4.39 Å². The van der Waals surface area contributed by atoms with Gasteiger partial charge < -0.3 is 10.1 Å². The van der Waals surface area contributed by atoms with E-state index >= 15 is 0 Å². The zero-order valence-electron chi connectivity index (χ0n) is 7.47. The van der Waals surface area contributed by atoms with Gasteiger partial charge in [0.05, 0.1) is 5.52 Å². The lowest BCUT2D eigenvalue weighted by Crippen LogP contribution is -1.95. The van der Waals surface area contributed by atoms with Crippen LogP contribution in [0.15, 0.2) is 18.2 Å². The van der Waals surface area contributed by atoms with E-state index in [-0.39, 0.29) is 11.2 Å². The largest absolute Gasteiger partial charge is 0.477 e. The molecular formula is C10H8FNO2. The number of fused-ring (bicyclic) bond motifs is 1. The lowest BCUT2D eigenvalue weighted by Gasteiger charge is -1.94. The minimum absolute atomic E-state index is 0.00417. The SMILES string of the molecule is Cc1cc(F)c2[nH]c(C(=O)O)cc2c1. The van der Waals surface area contributed by atoms with Crippen LogP contribution < -0.4 is 0 Å². The Morgan fingerprint density at radius 2 is 2.14 bits per heavy atom. The van der Waals surface area contributed by atoms with Gasteiger partial charge in [0.15, 0.2) is 0 Å². The number of aromatic nitrogens is 1. The van der Waals surface area contributed by atoms with Crippen LogP contribution in [0.5, 0.6) is 0 Å². The van der Waals surface area contributed by atoms with Crippen LogP contribution in [0.3, 0.4) is 0 Å². The van der Waals surface area contributed by atoms with Crippen molar-refractivity contribution in [3.63, 3.8) is 0 Å². The van der Waals surface area contributed by atoms with Gasteiger partial charge in [-0.3, -0.25) is 0 Å². The molecular weight excluding hydrogens is 185 g/mol. The lowest BCUT2D eigenvalue weighted by atomic mass is 10.2. The Hall–Kier alpha value is -1.84. The number of rotatable bonds is 1. The fourth-order valence-electron chi connectivity index (χ4n) is 1.46. The Morgan fingerprint density at radius 3 is 2.79 bits per heavy atom. The Kier molecular flexibility index (Phi) is 1.77. The van der Waals surface area contributed by atoms with E-state index in [1.54, 1.807) is 13.0 Å². The first-order chi connectivity index (χ1) is 6.58. The van der Waals surface area contributed by atoms with Crippen molar-refractivity contribution in [2.75, 3.05) is 0 Å². The molecule has 0 amide bonds. The summed E-state index contributed by atoms with van der Waals surface area (Å²) >= 11 is 0. The van der Waals surface area contributed by atoms with Gasteiger partial charge in [0.1, 0.15) is 11.5 Å². The molecule has 0 atom stereocenters. The molecule has 0 saturated heterocycles. The lowest BCUT2D eigenvalue weighted by molar-refractivity contribution is 0.0691. The molecule has 0 radical (unpaired) electrons. The summed E-state index contributed by atoms with van der Waals surface area (Å²) in [7, 11) is 0. The maximum atomic E-state index is 13.3. The van der Waals surface area contributed by atoms with Gasteiger partial charge in [-0.25, -0.2) is 9.18 Å². The van der Waals surface area contributed by atoms with Crippen molar-refractivity contribution in [1.29, 1.82) is 0 Å². The maximum absolute atomic E-state index is 13.3. The van der Waals surface area contributed by atoms with Crippen LogP contribution in [0.1, 0.15) is 16.1 Å². The van der Waals surface area contributed by atoms with Gasteiger partial charge in [0.2, 0.25) is 0 Å². The van der Waals surface area contributed by atoms with Gasteiger partial charge in [-0.1, -0.05) is 0 Å². The number of aryl methyl sites for hydroxylation is 1. The predicted octanol–water partition coefficient (Wildman–Crippen LogP) is 2.31. The summed E-state index contributed by atoms with van der Waals surface area (Å²) in [5.41, 5.74) is 1.02. The molecule has 3 nitrogen and oxygen atoms in total. The first-order valence-electron chi connectivity index (χ1n) is 4.10. The van der Waals surface area contributed by atoms with Gasteiger partial charge in [0, 0.05) is 5.39 Å². The molecule has 1 aromatic carbocycles. The molecule has 1 aromatic heterocycles. The molecule has 0 bridgehead atoms. The van der Waals surface area contributed by atoms with E-state index in [9.17, 15) is 9.18 Å². The van der Waals surface area contributed by atoms with Gasteiger partial charge in [-0.05, 0) is 30.7 Å². The third-order valence-corrected chi connectivity index (χ3v) is 2.05. The summed E-state index contributed by atoms with van der Waals surface area (Å²) in [6, 6.07) is 4.53. The topological polar surface area (TPSA) is 53.1 Å². The van der Waals surface area contributed by atoms with Crippen molar-refractivity contribution < 1.29 is 14.3 Å². The van der Waals surface area contributed by atoms with Crippen molar-refractivity contribution in [3.8, 4) is 0 Å². The summed E-state index contributed by atoms with van der Waals surface area (Å²) in [6.45, 7) is 1.76. The minimum Gasteiger partial charge on any atom is -0.477 e. The molecule has 0 spiro atoms. The third-order valence-electron chi connectivity index (χ3n) is 2.05. The monoisotopic (exact) mass is 193 g/mol. The summed E-state index contributed by atoms with van der Waals surface area (Å²) in [4.78, 5) is 13.1. The molecule has 2 N–H and O–H groups in total. The summed E-state index contributed by atoms with van der Waals surface area (Å²) < 4.78 is 13.3. The van der Waals surface area contributed by atoms with Gasteiger partial charge in [-0.15, -0.1) is 0 Å². The Balaban J connectivity index is 2.76. The van der Waals surface area contributed by atoms with Crippen molar-refractivity contribution in [1.82, 2.24) is 4.98 Å². The van der Waals surface area contributed by atoms with E-state index in [1.165, 1.54) is 12.1 Å². The predicted molar refractivity (Wildman–Crippen MR) is 50.0 cm³/mol. The number of halogens is 1. The maximum Gasteiger partial charge on any atom is 0.352 e. The number of aromatic carboxylic acids is 1. The van der Waals surface area contributed by atoms with E-state index in [0.717, 1.165) is 5.56 Å². The van der Waals surface area contributed by atoms with Crippen LogP contribution in [0.2, 0.25) is 0 Å². The third kappa shape index (κ3) is 1.25. The number of benzene rings is 1. The summed E-state index contributed by atoms with van der Waals surface area (Å²) in [5, 5.41) is 9.28. The van der Waals surface area contributed by atoms with Crippen LogP contribution in [0.25, 0.3) is 10.9 Å². The fourth-order valence-corrected chi connectivity index (χ4v) is 1.46. The minimum atomic E-state index is -1.08. The molecule has 0 aliphatic heterocycles. The van der Waals surface area contributed by atoms with Crippen molar-refractivity contribution in [2.24, 2.45) is 0 Å². The Bertz CT molecular complexity index is 516. The van der Waals surface area contributed by atoms with Crippen LogP contribution in [0, 0.1) is 12.7 Å². The zero-order chi connectivity index (χ0) is 10.3. The van der Waals surface area contributed by atoms with E-state index in [1.807, 2.05) is 0 Å². The molecule has 0 aliphatic carbocycles. The van der Waals surface area contributed by atoms with E-state index in [0.29, 0.717) is 5.39 Å². The number of carbonyl (C=O) groups is 1. The highest BCUT2D eigenvalue weighted by molar-refractivity contribution is 5.94. The molecule has 14 heavy (non-hydrogen) atoms. The highest BCUT2D eigenvalue weighted by Gasteiger charge is 2.10. The molecule has 72 valence electrons. The number of hydrogen-bond donors (Lipinski definition) is 2. The van der Waals surface area contributed by atoms with Crippen LogP contribution >= 0.6 is 0 Å². The quantitative estimate of drug-likeness (QED) is 0.730. The first-order valence-corrected chi connectivity index (χ1v) is 4.10. The average molecular weight is 193 g/mol. The Labute approximate surface area is 79.2 Å². The summed E-state index contributed by atoms with van der Waals surface area (Å²) in [5.74, 6) is -1.51. The number of carboxylic acid groups (broad SMARTS) is 1. The fraction of sp³-hybridized carbons (Fsp3) is 0.100. The molecule has 2 rings (SSSR count). The number of hydrogen-bond acceptors (Lipinski definition) is 1. The van der Waals surface area contributed by atoms with Crippen LogP contribution in [-0.4, -0.2) is 16.1 Å². The molecule has 2 aromatic rings. The van der Waals surface area contributed by atoms with Crippen LogP contribution in [-0.2, 0) is 0 Å². The molecule has 1 heterocycles. The highest BCUT2D eigenvalue weighted by atomic mass is 19.1.